The number of furan rings is 1. The highest BCUT2D eigenvalue weighted by molar-refractivity contribution is 6.08. The van der Waals surface area contributed by atoms with E-state index in [1.165, 1.54) is 4.90 Å². The number of rotatable bonds is 3. The summed E-state index contributed by atoms with van der Waals surface area (Å²) >= 11 is 0. The third kappa shape index (κ3) is 2.12. The Bertz CT molecular complexity index is 765. The molecule has 4 aliphatic rings. The molecule has 1 aromatic rings. The average Bonchev–Trinajstić information content (AvgIpc) is 3.35. The van der Waals surface area contributed by atoms with Gasteiger partial charge in [-0.15, -0.1) is 0 Å². The highest BCUT2D eigenvalue weighted by atomic mass is 16.3. The maximum absolute atomic E-state index is 12.6. The van der Waals surface area contributed by atoms with Crippen molar-refractivity contribution in [2.24, 2.45) is 23.7 Å². The molecule has 1 saturated heterocycles. The Morgan fingerprint density at radius 1 is 1.20 bits per heavy atom. The van der Waals surface area contributed by atoms with Crippen LogP contribution in [0.25, 0.3) is 0 Å². The fourth-order valence-electron chi connectivity index (χ4n) is 5.14. The Morgan fingerprint density at radius 3 is 2.64 bits per heavy atom. The van der Waals surface area contributed by atoms with Crippen molar-refractivity contribution in [1.29, 1.82) is 0 Å². The van der Waals surface area contributed by atoms with Crippen LogP contribution in [0.3, 0.4) is 0 Å². The maximum atomic E-state index is 12.6. The molecule has 5 rings (SSSR count). The molecule has 6 heteroatoms. The zero-order valence-corrected chi connectivity index (χ0v) is 13.8. The van der Waals surface area contributed by atoms with Crippen molar-refractivity contribution < 1.29 is 18.8 Å². The van der Waals surface area contributed by atoms with E-state index in [0.29, 0.717) is 0 Å². The molecule has 1 saturated carbocycles. The van der Waals surface area contributed by atoms with Gasteiger partial charge in [-0.05, 0) is 37.2 Å². The van der Waals surface area contributed by atoms with Gasteiger partial charge in [-0.2, -0.15) is 0 Å². The first kappa shape index (κ1) is 14.9. The molecular formula is C19H20N2O4. The van der Waals surface area contributed by atoms with Gasteiger partial charge in [0.2, 0.25) is 17.7 Å². The number of amides is 3. The number of hydrogen-bond donors (Lipinski definition) is 1. The summed E-state index contributed by atoms with van der Waals surface area (Å²) in [5.74, 6) is 0.154. The molecule has 6 nitrogen and oxygen atoms in total. The molecule has 2 bridgehead atoms. The van der Waals surface area contributed by atoms with Gasteiger partial charge in [-0.25, -0.2) is 0 Å². The van der Waals surface area contributed by atoms with Crippen LogP contribution >= 0.6 is 0 Å². The Morgan fingerprint density at radius 2 is 1.92 bits per heavy atom. The van der Waals surface area contributed by atoms with E-state index >= 15 is 0 Å². The predicted molar refractivity (Wildman–Crippen MR) is 87.0 cm³/mol. The van der Waals surface area contributed by atoms with E-state index in [0.717, 1.165) is 37.0 Å². The van der Waals surface area contributed by atoms with Crippen LogP contribution in [0, 0.1) is 23.7 Å². The molecule has 5 unspecified atom stereocenters. The van der Waals surface area contributed by atoms with E-state index in [1.807, 2.05) is 6.07 Å². The third-order valence-electron chi connectivity index (χ3n) is 6.25. The molecule has 130 valence electrons. The fourth-order valence-corrected chi connectivity index (χ4v) is 5.14. The molecule has 5 atom stereocenters. The van der Waals surface area contributed by atoms with Crippen LogP contribution in [-0.4, -0.2) is 29.2 Å². The topological polar surface area (TPSA) is 79.6 Å². The number of carbonyl (C=O) groups is 3. The van der Waals surface area contributed by atoms with Crippen LogP contribution < -0.4 is 5.32 Å². The fraction of sp³-hybridized carbons (Fsp3) is 0.526. The number of fused-ring (bicyclic) bond motifs is 6. The second-order valence-electron chi connectivity index (χ2n) is 7.57. The van der Waals surface area contributed by atoms with Gasteiger partial charge < -0.3 is 9.73 Å². The van der Waals surface area contributed by atoms with E-state index in [9.17, 15) is 14.4 Å². The zero-order valence-electron chi connectivity index (χ0n) is 13.8. The monoisotopic (exact) mass is 340 g/mol. The lowest BCUT2D eigenvalue weighted by Crippen LogP contribution is -2.43. The van der Waals surface area contributed by atoms with E-state index in [1.54, 1.807) is 6.26 Å². The summed E-state index contributed by atoms with van der Waals surface area (Å²) in [5, 5.41) is 2.97. The Kier molecular flexibility index (Phi) is 3.17. The summed E-state index contributed by atoms with van der Waals surface area (Å²) in [7, 11) is 0. The third-order valence-corrected chi connectivity index (χ3v) is 6.25. The minimum absolute atomic E-state index is 0.0971. The summed E-state index contributed by atoms with van der Waals surface area (Å²) in [6.07, 6.45) is 9.35. The molecule has 25 heavy (non-hydrogen) atoms. The maximum Gasteiger partial charge on any atom is 0.240 e. The van der Waals surface area contributed by atoms with Gasteiger partial charge in [0.1, 0.15) is 12.3 Å². The van der Waals surface area contributed by atoms with Crippen molar-refractivity contribution in [3.63, 3.8) is 0 Å². The average molecular weight is 340 g/mol. The van der Waals surface area contributed by atoms with Gasteiger partial charge in [0.15, 0.2) is 0 Å². The second kappa shape index (κ2) is 5.31. The Hall–Kier alpha value is -2.37. The number of nitrogens with one attached hydrogen (secondary N) is 1. The van der Waals surface area contributed by atoms with Gasteiger partial charge in [0, 0.05) is 12.0 Å². The quantitative estimate of drug-likeness (QED) is 0.669. The van der Waals surface area contributed by atoms with Crippen LogP contribution in [0.2, 0.25) is 0 Å². The lowest BCUT2D eigenvalue weighted by Gasteiger charge is -2.24. The minimum atomic E-state index is -0.277. The molecule has 2 fully saturated rings. The van der Waals surface area contributed by atoms with Crippen molar-refractivity contribution in [1.82, 2.24) is 10.2 Å². The van der Waals surface area contributed by atoms with Crippen LogP contribution in [0.5, 0.6) is 0 Å². The molecule has 1 aliphatic heterocycles. The second-order valence-corrected chi connectivity index (χ2v) is 7.57. The summed E-state index contributed by atoms with van der Waals surface area (Å²) in [5.41, 5.74) is 1.01. The largest absolute Gasteiger partial charge is 0.469 e. The summed E-state index contributed by atoms with van der Waals surface area (Å²) < 4.78 is 5.44. The normalized spacial score (nSPS) is 35.2. The first-order valence-corrected chi connectivity index (χ1v) is 9.02. The Balaban J connectivity index is 1.28. The number of nitrogens with zero attached hydrogens (tertiary/aromatic N) is 1. The number of imide groups is 1. The van der Waals surface area contributed by atoms with Crippen LogP contribution in [0.15, 0.2) is 28.9 Å². The predicted octanol–water partition coefficient (Wildman–Crippen LogP) is 1.58. The van der Waals surface area contributed by atoms with Crippen molar-refractivity contribution in [3.8, 4) is 0 Å². The van der Waals surface area contributed by atoms with Gasteiger partial charge in [-0.3, -0.25) is 19.3 Å². The summed E-state index contributed by atoms with van der Waals surface area (Å²) in [4.78, 5) is 39.0. The first-order chi connectivity index (χ1) is 12.1. The molecular weight excluding hydrogens is 320 g/mol. The molecule has 0 radical (unpaired) electrons. The number of aryl methyl sites for hydroxylation is 1. The zero-order chi connectivity index (χ0) is 17.1. The molecule has 1 aromatic heterocycles. The number of hydrogen-bond acceptors (Lipinski definition) is 4. The van der Waals surface area contributed by atoms with Crippen LogP contribution in [0.4, 0.5) is 0 Å². The van der Waals surface area contributed by atoms with Gasteiger partial charge in [0.25, 0.3) is 0 Å². The Labute approximate surface area is 145 Å². The summed E-state index contributed by atoms with van der Waals surface area (Å²) in [6, 6.07) is 1.79. The van der Waals surface area contributed by atoms with Crippen molar-refractivity contribution in [2.75, 3.05) is 6.54 Å². The standard InChI is InChI=1S/C19H20N2O4/c22-15(20-13-2-1-3-14-12(13)6-7-25-14)9-21-18(23)16-10-4-5-11(8-10)17(16)19(21)24/h4-7,10-11,13,16-17H,1-3,8-9H2,(H,20,22). The first-order valence-electron chi connectivity index (χ1n) is 9.02. The molecule has 0 aromatic carbocycles. The van der Waals surface area contributed by atoms with Gasteiger partial charge >= 0.3 is 0 Å². The SMILES string of the molecule is O=C(CN1C(=O)C2C3C=CC(C3)C2C1=O)NC1CCCc2occc21. The van der Waals surface area contributed by atoms with Crippen molar-refractivity contribution >= 4 is 17.7 Å². The van der Waals surface area contributed by atoms with Gasteiger partial charge in [0.05, 0.1) is 24.1 Å². The number of allylic oxidation sites excluding steroid dienone is 2. The molecule has 3 amide bonds. The lowest BCUT2D eigenvalue weighted by molar-refractivity contribution is -0.144. The molecule has 0 spiro atoms. The van der Waals surface area contributed by atoms with E-state index < -0.39 is 0 Å². The molecule has 1 N–H and O–H groups in total. The van der Waals surface area contributed by atoms with Crippen molar-refractivity contribution in [3.05, 3.63) is 35.8 Å². The smallest absolute Gasteiger partial charge is 0.240 e. The molecule has 2 heterocycles. The van der Waals surface area contributed by atoms with Crippen molar-refractivity contribution in [2.45, 2.75) is 31.7 Å². The summed E-state index contributed by atoms with van der Waals surface area (Å²) in [6.45, 7) is -0.173. The van der Waals surface area contributed by atoms with Crippen LogP contribution in [-0.2, 0) is 20.8 Å². The van der Waals surface area contributed by atoms with E-state index in [-0.39, 0.29) is 54.0 Å². The van der Waals surface area contributed by atoms with E-state index in [4.69, 9.17) is 4.42 Å². The number of carbonyl (C=O) groups excluding carboxylic acids is 3. The van der Waals surface area contributed by atoms with E-state index in [2.05, 4.69) is 17.5 Å². The lowest BCUT2D eigenvalue weighted by atomic mass is 9.85. The molecule has 3 aliphatic carbocycles. The van der Waals surface area contributed by atoms with Gasteiger partial charge in [-0.1, -0.05) is 12.2 Å². The highest BCUT2D eigenvalue weighted by Crippen LogP contribution is 2.52. The number of likely N-dealkylation sites (tertiary alicyclic amines) is 1. The highest BCUT2D eigenvalue weighted by Gasteiger charge is 2.59. The minimum Gasteiger partial charge on any atom is -0.469 e. The van der Waals surface area contributed by atoms with Crippen LogP contribution in [0.1, 0.15) is 36.6 Å².